The summed E-state index contributed by atoms with van der Waals surface area (Å²) in [4.78, 5) is 30.5. The molecule has 2 aromatic heterocycles. The summed E-state index contributed by atoms with van der Waals surface area (Å²) in [6, 6.07) is 6.94. The molecule has 210 valence electrons. The summed E-state index contributed by atoms with van der Waals surface area (Å²) >= 11 is 1.47. The number of piperidine rings is 1. The number of carbonyl (C=O) groups excluding carboxylic acids is 1. The summed E-state index contributed by atoms with van der Waals surface area (Å²) in [6.07, 6.45) is 3.68. The Labute approximate surface area is 235 Å². The number of thiophene rings is 1. The lowest BCUT2D eigenvalue weighted by Crippen LogP contribution is -2.40. The smallest absolute Gasteiger partial charge is 0.264 e. The fraction of sp³-hybridized carbons (Fsp3) is 0.552. The van der Waals surface area contributed by atoms with Gasteiger partial charge in [0.15, 0.2) is 0 Å². The van der Waals surface area contributed by atoms with Crippen molar-refractivity contribution >= 4 is 33.3 Å². The first-order chi connectivity index (χ1) is 18.9. The van der Waals surface area contributed by atoms with Gasteiger partial charge in [-0.1, -0.05) is 6.07 Å². The zero-order valence-corrected chi connectivity index (χ0v) is 24.4. The average molecular weight is 553 g/mol. The van der Waals surface area contributed by atoms with Gasteiger partial charge in [0.25, 0.3) is 5.91 Å². The average Bonchev–Trinajstić information content (AvgIpc) is 3.28. The van der Waals surface area contributed by atoms with E-state index in [1.165, 1.54) is 22.5 Å². The SMILES string of the molecule is CCOc1ccc(CN2CCC(Nc3ncnc4sc(C(=O)N5CCOCC5)c(C)c34)CC2)cc1CN(C)C. The molecule has 1 aromatic carbocycles. The second-order valence-corrected chi connectivity index (χ2v) is 11.7. The number of aromatic nitrogens is 2. The van der Waals surface area contributed by atoms with Crippen molar-refractivity contribution in [2.75, 3.05) is 65.4 Å². The van der Waals surface area contributed by atoms with Crippen LogP contribution >= 0.6 is 11.3 Å². The molecule has 0 saturated carbocycles. The topological polar surface area (TPSA) is 83.1 Å². The van der Waals surface area contributed by atoms with Crippen molar-refractivity contribution < 1.29 is 14.3 Å². The Morgan fingerprint density at radius 2 is 1.95 bits per heavy atom. The number of aryl methyl sites for hydroxylation is 1. The summed E-state index contributed by atoms with van der Waals surface area (Å²) < 4.78 is 11.3. The lowest BCUT2D eigenvalue weighted by Gasteiger charge is -2.33. The molecule has 10 heteroatoms. The lowest BCUT2D eigenvalue weighted by atomic mass is 10.0. The van der Waals surface area contributed by atoms with Crippen LogP contribution in [0.5, 0.6) is 5.75 Å². The molecule has 5 rings (SSSR count). The Hall–Kier alpha value is -2.79. The van der Waals surface area contributed by atoms with Crippen LogP contribution in [0.3, 0.4) is 0 Å². The van der Waals surface area contributed by atoms with Crippen molar-refractivity contribution in [1.82, 2.24) is 24.7 Å². The minimum absolute atomic E-state index is 0.0705. The summed E-state index contributed by atoms with van der Waals surface area (Å²) in [6.45, 7) is 11.0. The number of ether oxygens (including phenoxy) is 2. The number of anilines is 1. The molecule has 0 unspecified atom stereocenters. The van der Waals surface area contributed by atoms with E-state index in [9.17, 15) is 4.79 Å². The van der Waals surface area contributed by atoms with Gasteiger partial charge in [-0.2, -0.15) is 0 Å². The lowest BCUT2D eigenvalue weighted by molar-refractivity contribution is 0.0306. The van der Waals surface area contributed by atoms with Crippen LogP contribution in [0.2, 0.25) is 0 Å². The number of hydrogen-bond donors (Lipinski definition) is 1. The number of nitrogens with zero attached hydrogens (tertiary/aromatic N) is 5. The molecule has 4 heterocycles. The van der Waals surface area contributed by atoms with E-state index in [2.05, 4.69) is 57.4 Å². The molecule has 2 aliphatic rings. The molecule has 2 aliphatic heterocycles. The molecule has 0 aliphatic carbocycles. The van der Waals surface area contributed by atoms with Crippen LogP contribution in [0.15, 0.2) is 24.5 Å². The summed E-state index contributed by atoms with van der Waals surface area (Å²) in [5.74, 6) is 1.89. The molecule has 2 saturated heterocycles. The van der Waals surface area contributed by atoms with Gasteiger partial charge in [0, 0.05) is 50.9 Å². The summed E-state index contributed by atoms with van der Waals surface area (Å²) in [5.41, 5.74) is 3.53. The molecule has 0 spiro atoms. The quantitative estimate of drug-likeness (QED) is 0.427. The van der Waals surface area contributed by atoms with Crippen LogP contribution in [0.4, 0.5) is 5.82 Å². The Bertz CT molecular complexity index is 1280. The Kier molecular flexibility index (Phi) is 8.96. The molecule has 0 bridgehead atoms. The minimum atomic E-state index is 0.0705. The fourth-order valence-corrected chi connectivity index (χ4v) is 6.59. The summed E-state index contributed by atoms with van der Waals surface area (Å²) in [7, 11) is 4.18. The predicted molar refractivity (Wildman–Crippen MR) is 156 cm³/mol. The van der Waals surface area contributed by atoms with Gasteiger partial charge in [0.1, 0.15) is 22.7 Å². The van der Waals surface area contributed by atoms with Crippen molar-refractivity contribution in [2.45, 2.75) is 45.8 Å². The molecule has 1 N–H and O–H groups in total. The largest absolute Gasteiger partial charge is 0.494 e. The highest BCUT2D eigenvalue weighted by molar-refractivity contribution is 7.20. The van der Waals surface area contributed by atoms with Crippen molar-refractivity contribution in [3.8, 4) is 5.75 Å². The van der Waals surface area contributed by atoms with E-state index in [4.69, 9.17) is 9.47 Å². The maximum Gasteiger partial charge on any atom is 0.264 e. The van der Waals surface area contributed by atoms with Crippen LogP contribution in [0.25, 0.3) is 10.2 Å². The number of rotatable bonds is 9. The number of nitrogens with one attached hydrogen (secondary N) is 1. The number of hydrogen-bond acceptors (Lipinski definition) is 9. The molecule has 1 amide bonds. The van der Waals surface area contributed by atoms with E-state index in [-0.39, 0.29) is 5.91 Å². The number of morpholine rings is 1. The van der Waals surface area contributed by atoms with Crippen LogP contribution in [-0.2, 0) is 17.8 Å². The number of likely N-dealkylation sites (tertiary alicyclic amines) is 1. The van der Waals surface area contributed by atoms with Crippen LogP contribution < -0.4 is 10.1 Å². The van der Waals surface area contributed by atoms with Gasteiger partial charge in [-0.15, -0.1) is 11.3 Å². The first kappa shape index (κ1) is 27.8. The van der Waals surface area contributed by atoms with Crippen LogP contribution in [-0.4, -0.2) is 96.7 Å². The molecule has 0 radical (unpaired) electrons. The molecular weight excluding hydrogens is 512 g/mol. The van der Waals surface area contributed by atoms with Crippen molar-refractivity contribution in [3.63, 3.8) is 0 Å². The van der Waals surface area contributed by atoms with E-state index < -0.39 is 0 Å². The van der Waals surface area contributed by atoms with Gasteiger partial charge in [0.05, 0.1) is 30.1 Å². The second-order valence-electron chi connectivity index (χ2n) is 10.7. The molecule has 0 atom stereocenters. The van der Waals surface area contributed by atoms with Gasteiger partial charge >= 0.3 is 0 Å². The highest BCUT2D eigenvalue weighted by Crippen LogP contribution is 2.35. The Morgan fingerprint density at radius 3 is 2.67 bits per heavy atom. The molecular formula is C29H40N6O3S. The Morgan fingerprint density at radius 1 is 1.18 bits per heavy atom. The first-order valence-electron chi connectivity index (χ1n) is 13.9. The third-order valence-electron chi connectivity index (χ3n) is 7.47. The highest BCUT2D eigenvalue weighted by atomic mass is 32.1. The van der Waals surface area contributed by atoms with Gasteiger partial charge in [-0.3, -0.25) is 9.69 Å². The van der Waals surface area contributed by atoms with Crippen molar-refractivity contribution in [2.24, 2.45) is 0 Å². The third kappa shape index (κ3) is 6.51. The van der Waals surface area contributed by atoms with E-state index in [1.54, 1.807) is 6.33 Å². The van der Waals surface area contributed by atoms with E-state index in [0.717, 1.165) is 71.2 Å². The van der Waals surface area contributed by atoms with E-state index in [1.807, 2.05) is 18.7 Å². The van der Waals surface area contributed by atoms with E-state index >= 15 is 0 Å². The molecule has 39 heavy (non-hydrogen) atoms. The first-order valence-corrected chi connectivity index (χ1v) is 14.7. The number of benzene rings is 1. The predicted octanol–water partition coefficient (Wildman–Crippen LogP) is 4.01. The second kappa shape index (κ2) is 12.6. The monoisotopic (exact) mass is 552 g/mol. The van der Waals surface area contributed by atoms with Crippen LogP contribution in [0, 0.1) is 6.92 Å². The summed E-state index contributed by atoms with van der Waals surface area (Å²) in [5, 5.41) is 4.67. The molecule has 3 aromatic rings. The normalized spacial score (nSPS) is 17.2. The van der Waals surface area contributed by atoms with Gasteiger partial charge in [0.2, 0.25) is 0 Å². The molecule has 2 fully saturated rings. The zero-order valence-electron chi connectivity index (χ0n) is 23.5. The maximum absolute atomic E-state index is 13.2. The fourth-order valence-electron chi connectivity index (χ4n) is 5.47. The highest BCUT2D eigenvalue weighted by Gasteiger charge is 2.26. The molecule has 9 nitrogen and oxygen atoms in total. The van der Waals surface area contributed by atoms with Gasteiger partial charge < -0.3 is 24.6 Å². The standard InChI is InChI=1S/C29H40N6O3S/c1-5-38-24-7-6-21(16-22(24)18-33(3)4)17-34-10-8-23(9-11-34)32-27-25-20(2)26(39-28(25)31-19-30-27)29(36)35-12-14-37-15-13-35/h6-7,16,19,23H,5,8-15,17-18H2,1-4H3,(H,30,31,32). The third-order valence-corrected chi connectivity index (χ3v) is 8.65. The van der Waals surface area contributed by atoms with Gasteiger partial charge in [-0.05, 0) is 64.0 Å². The zero-order chi connectivity index (χ0) is 27.4. The van der Waals surface area contributed by atoms with Crippen LogP contribution in [0.1, 0.15) is 46.1 Å². The minimum Gasteiger partial charge on any atom is -0.494 e. The van der Waals surface area contributed by atoms with E-state index in [0.29, 0.717) is 39.0 Å². The van der Waals surface area contributed by atoms with Crippen molar-refractivity contribution in [1.29, 1.82) is 0 Å². The van der Waals surface area contributed by atoms with Gasteiger partial charge in [-0.25, -0.2) is 9.97 Å². The number of carbonyl (C=O) groups is 1. The number of amides is 1. The number of fused-ring (bicyclic) bond motifs is 1. The maximum atomic E-state index is 13.2. The Balaban J connectivity index is 1.22. The van der Waals surface area contributed by atoms with Crippen molar-refractivity contribution in [3.05, 3.63) is 46.1 Å².